The molecule has 0 unspecified atom stereocenters. The van der Waals surface area contributed by atoms with E-state index < -0.39 is 5.97 Å². The van der Waals surface area contributed by atoms with E-state index in [4.69, 9.17) is 4.74 Å². The summed E-state index contributed by atoms with van der Waals surface area (Å²) in [7, 11) is 1.33. The third-order valence-electron chi connectivity index (χ3n) is 4.36. The van der Waals surface area contributed by atoms with E-state index in [9.17, 15) is 9.59 Å². The molecule has 6 nitrogen and oxygen atoms in total. The van der Waals surface area contributed by atoms with Crippen LogP contribution in [0.2, 0.25) is 0 Å². The molecule has 1 aromatic carbocycles. The molecule has 1 fully saturated rings. The molecule has 2 aromatic heterocycles. The van der Waals surface area contributed by atoms with Gasteiger partial charge in [0.15, 0.2) is 5.13 Å². The largest absolute Gasteiger partial charge is 0.465 e. The van der Waals surface area contributed by atoms with Crippen LogP contribution in [0.4, 0.5) is 10.1 Å². The number of nitrogens with one attached hydrogen (secondary N) is 1. The first-order chi connectivity index (χ1) is 12.5. The predicted molar refractivity (Wildman–Crippen MR) is 104 cm³/mol. The molecule has 1 saturated heterocycles. The highest BCUT2D eigenvalue weighted by atomic mass is 32.1. The zero-order chi connectivity index (χ0) is 18.3. The van der Waals surface area contributed by atoms with E-state index in [2.05, 4.69) is 34.3 Å². The van der Waals surface area contributed by atoms with Crippen LogP contribution in [0, 0.1) is 12.8 Å². The highest BCUT2D eigenvalue weighted by Crippen LogP contribution is 2.34. The lowest BCUT2D eigenvalue weighted by atomic mass is 10.0. The molecule has 0 bridgehead atoms. The molecule has 8 heteroatoms. The standard InChI is InChI=1S/C18H17N3O3S2/c1-10-3-4-13-14(7-10)26-18(19-13)21-8-11(9-21)15(22)20-16-12(5-6-25-16)17(23)24-2/h3-7,11H,8-9H2,1-2H3,(H,20,22). The molecular formula is C18H17N3O3S2. The first-order valence-electron chi connectivity index (χ1n) is 8.14. The number of thiophene rings is 1. The van der Waals surface area contributed by atoms with Gasteiger partial charge in [-0.15, -0.1) is 11.3 Å². The molecule has 4 rings (SSSR count). The maximum Gasteiger partial charge on any atom is 0.340 e. The normalized spacial score (nSPS) is 14.3. The Bertz CT molecular complexity index is 989. The smallest absolute Gasteiger partial charge is 0.340 e. The second-order valence-corrected chi connectivity index (χ2v) is 8.14. The fraction of sp³-hybridized carbons (Fsp3) is 0.278. The van der Waals surface area contributed by atoms with Gasteiger partial charge in [-0.25, -0.2) is 9.78 Å². The summed E-state index contributed by atoms with van der Waals surface area (Å²) in [5.41, 5.74) is 2.60. The number of hydrogen-bond donors (Lipinski definition) is 1. The van der Waals surface area contributed by atoms with Gasteiger partial charge < -0.3 is 15.0 Å². The highest BCUT2D eigenvalue weighted by Gasteiger charge is 2.35. The van der Waals surface area contributed by atoms with Gasteiger partial charge >= 0.3 is 5.97 Å². The molecule has 1 N–H and O–H groups in total. The maximum atomic E-state index is 12.4. The van der Waals surface area contributed by atoms with Crippen molar-refractivity contribution in [2.75, 3.05) is 30.4 Å². The number of anilines is 2. The fourth-order valence-electron chi connectivity index (χ4n) is 2.85. The maximum absolute atomic E-state index is 12.4. The number of hydrogen-bond acceptors (Lipinski definition) is 7. The molecule has 0 atom stereocenters. The van der Waals surface area contributed by atoms with Crippen molar-refractivity contribution in [1.29, 1.82) is 0 Å². The van der Waals surface area contributed by atoms with Gasteiger partial charge in [-0.3, -0.25) is 4.79 Å². The fourth-order valence-corrected chi connectivity index (χ4v) is 4.71. The first-order valence-corrected chi connectivity index (χ1v) is 9.83. The van der Waals surface area contributed by atoms with E-state index in [-0.39, 0.29) is 11.8 Å². The summed E-state index contributed by atoms with van der Waals surface area (Å²) in [6, 6.07) is 7.87. The summed E-state index contributed by atoms with van der Waals surface area (Å²) in [5, 5.41) is 6.09. The molecule has 0 aliphatic carbocycles. The minimum atomic E-state index is -0.443. The van der Waals surface area contributed by atoms with Crippen LogP contribution in [-0.2, 0) is 9.53 Å². The summed E-state index contributed by atoms with van der Waals surface area (Å²) < 4.78 is 5.89. The number of methoxy groups -OCH3 is 1. The molecule has 0 saturated carbocycles. The number of benzene rings is 1. The Hall–Kier alpha value is -2.45. The second-order valence-electron chi connectivity index (χ2n) is 6.21. The topological polar surface area (TPSA) is 71.5 Å². The van der Waals surface area contributed by atoms with Crippen molar-refractivity contribution in [2.24, 2.45) is 5.92 Å². The van der Waals surface area contributed by atoms with Crippen molar-refractivity contribution in [3.05, 3.63) is 40.8 Å². The molecule has 3 aromatic rings. The molecular weight excluding hydrogens is 370 g/mol. The molecule has 1 aliphatic rings. The zero-order valence-electron chi connectivity index (χ0n) is 14.3. The number of fused-ring (bicyclic) bond motifs is 1. The van der Waals surface area contributed by atoms with Gasteiger partial charge in [0.2, 0.25) is 5.91 Å². The van der Waals surface area contributed by atoms with Gasteiger partial charge in [0.1, 0.15) is 5.00 Å². The summed E-state index contributed by atoms with van der Waals surface area (Å²) in [6.45, 7) is 3.32. The zero-order valence-corrected chi connectivity index (χ0v) is 15.9. The highest BCUT2D eigenvalue weighted by molar-refractivity contribution is 7.22. The Labute approximate surface area is 158 Å². The number of aryl methyl sites for hydroxylation is 1. The van der Waals surface area contributed by atoms with Gasteiger partial charge in [0.05, 0.1) is 28.8 Å². The van der Waals surface area contributed by atoms with Crippen molar-refractivity contribution in [2.45, 2.75) is 6.92 Å². The number of amides is 1. The molecule has 3 heterocycles. The second kappa shape index (κ2) is 6.69. The number of esters is 1. The van der Waals surface area contributed by atoms with Crippen LogP contribution in [0.3, 0.4) is 0 Å². The predicted octanol–water partition coefficient (Wildman–Crippen LogP) is 3.53. The molecule has 1 amide bonds. The van der Waals surface area contributed by atoms with E-state index >= 15 is 0 Å². The van der Waals surface area contributed by atoms with Crippen molar-refractivity contribution in [1.82, 2.24) is 4.98 Å². The number of rotatable bonds is 4. The van der Waals surface area contributed by atoms with Crippen molar-refractivity contribution >= 4 is 54.9 Å². The van der Waals surface area contributed by atoms with Crippen molar-refractivity contribution in [3.63, 3.8) is 0 Å². The number of ether oxygens (including phenoxy) is 1. The minimum absolute atomic E-state index is 0.0780. The first kappa shape index (κ1) is 17.0. The Balaban J connectivity index is 1.40. The Morgan fingerprint density at radius 1 is 1.31 bits per heavy atom. The lowest BCUT2D eigenvalue weighted by molar-refractivity contribution is -0.120. The van der Waals surface area contributed by atoms with E-state index in [0.29, 0.717) is 23.7 Å². The van der Waals surface area contributed by atoms with Gasteiger partial charge in [-0.2, -0.15) is 0 Å². The summed E-state index contributed by atoms with van der Waals surface area (Å²) in [4.78, 5) is 30.9. The monoisotopic (exact) mass is 387 g/mol. The Kier molecular flexibility index (Phi) is 4.37. The lowest BCUT2D eigenvalue weighted by Gasteiger charge is -2.37. The van der Waals surface area contributed by atoms with Gasteiger partial charge in [-0.05, 0) is 36.1 Å². The number of thiazole rings is 1. The van der Waals surface area contributed by atoms with Crippen LogP contribution >= 0.6 is 22.7 Å². The third kappa shape index (κ3) is 3.06. The average molecular weight is 387 g/mol. The van der Waals surface area contributed by atoms with Crippen LogP contribution < -0.4 is 10.2 Å². The van der Waals surface area contributed by atoms with Crippen LogP contribution in [0.1, 0.15) is 15.9 Å². The molecule has 134 valence electrons. The van der Waals surface area contributed by atoms with Crippen LogP contribution in [0.25, 0.3) is 10.2 Å². The summed E-state index contributed by atoms with van der Waals surface area (Å²) in [6.07, 6.45) is 0. The molecule has 0 radical (unpaired) electrons. The number of aromatic nitrogens is 1. The van der Waals surface area contributed by atoms with Crippen LogP contribution in [-0.4, -0.2) is 37.1 Å². The van der Waals surface area contributed by atoms with Gasteiger partial charge in [0.25, 0.3) is 0 Å². The Morgan fingerprint density at radius 2 is 2.12 bits per heavy atom. The van der Waals surface area contributed by atoms with Crippen molar-refractivity contribution < 1.29 is 14.3 Å². The summed E-state index contributed by atoms with van der Waals surface area (Å²) in [5.74, 6) is -0.635. The molecule has 0 spiro atoms. The quantitative estimate of drug-likeness (QED) is 0.694. The number of carbonyl (C=O) groups is 2. The van der Waals surface area contributed by atoms with Gasteiger partial charge in [0, 0.05) is 13.1 Å². The van der Waals surface area contributed by atoms with E-state index in [1.165, 1.54) is 24.0 Å². The molecule has 1 aliphatic heterocycles. The van der Waals surface area contributed by atoms with Crippen molar-refractivity contribution in [3.8, 4) is 0 Å². The number of nitrogens with zero attached hydrogens (tertiary/aromatic N) is 2. The lowest BCUT2D eigenvalue weighted by Crippen LogP contribution is -2.52. The molecule has 26 heavy (non-hydrogen) atoms. The average Bonchev–Trinajstić information content (AvgIpc) is 3.19. The van der Waals surface area contributed by atoms with E-state index in [1.54, 1.807) is 22.8 Å². The van der Waals surface area contributed by atoms with Crippen LogP contribution in [0.5, 0.6) is 0 Å². The minimum Gasteiger partial charge on any atom is -0.465 e. The number of carbonyl (C=O) groups excluding carboxylic acids is 2. The Morgan fingerprint density at radius 3 is 2.88 bits per heavy atom. The summed E-state index contributed by atoms with van der Waals surface area (Å²) >= 11 is 2.97. The van der Waals surface area contributed by atoms with Gasteiger partial charge in [-0.1, -0.05) is 17.4 Å². The third-order valence-corrected chi connectivity index (χ3v) is 6.27. The SMILES string of the molecule is COC(=O)c1ccsc1NC(=O)C1CN(c2nc3ccc(C)cc3s2)C1. The van der Waals surface area contributed by atoms with E-state index in [1.807, 2.05) is 6.07 Å². The van der Waals surface area contributed by atoms with Crippen LogP contribution in [0.15, 0.2) is 29.6 Å². The van der Waals surface area contributed by atoms with E-state index in [0.717, 1.165) is 15.3 Å².